The number of halogens is 1. The van der Waals surface area contributed by atoms with E-state index in [1.807, 2.05) is 25.1 Å². The van der Waals surface area contributed by atoms with Crippen LogP contribution >= 0.6 is 24.0 Å². The predicted molar refractivity (Wildman–Crippen MR) is 130 cm³/mol. The summed E-state index contributed by atoms with van der Waals surface area (Å²) in [7, 11) is 0. The fourth-order valence-corrected chi connectivity index (χ4v) is 3.68. The number of carbonyl (C=O) groups excluding carboxylic acids is 1. The molecule has 168 valence electrons. The average Bonchev–Trinajstić information content (AvgIpc) is 3.56. The molecule has 1 aromatic carbocycles. The van der Waals surface area contributed by atoms with Gasteiger partial charge in [0.05, 0.1) is 25.7 Å². The van der Waals surface area contributed by atoms with Crippen LogP contribution in [0, 0.1) is 11.8 Å². The maximum Gasteiger partial charge on any atom is 0.308 e. The number of hydrogen-bond acceptors (Lipinski definition) is 4. The highest BCUT2D eigenvalue weighted by molar-refractivity contribution is 14.0. The molecule has 0 aliphatic heterocycles. The second kappa shape index (κ2) is 13.0. The minimum Gasteiger partial charge on any atom is -0.493 e. The van der Waals surface area contributed by atoms with Gasteiger partial charge in [0, 0.05) is 18.2 Å². The summed E-state index contributed by atoms with van der Waals surface area (Å²) < 4.78 is 11.2. The number of hydrogen-bond donors (Lipinski definition) is 2. The van der Waals surface area contributed by atoms with E-state index < -0.39 is 0 Å². The van der Waals surface area contributed by atoms with E-state index in [4.69, 9.17) is 14.5 Å². The van der Waals surface area contributed by atoms with Gasteiger partial charge >= 0.3 is 5.97 Å². The van der Waals surface area contributed by atoms with Gasteiger partial charge < -0.3 is 20.1 Å². The summed E-state index contributed by atoms with van der Waals surface area (Å²) in [6.45, 7) is 6.59. The molecule has 0 bridgehead atoms. The zero-order valence-corrected chi connectivity index (χ0v) is 20.5. The van der Waals surface area contributed by atoms with E-state index in [1.165, 1.54) is 12.8 Å². The summed E-state index contributed by atoms with van der Waals surface area (Å²) in [5.41, 5.74) is 1.11. The van der Waals surface area contributed by atoms with Crippen molar-refractivity contribution in [1.82, 2.24) is 10.6 Å². The van der Waals surface area contributed by atoms with Gasteiger partial charge in [0.2, 0.25) is 0 Å². The highest BCUT2D eigenvalue weighted by Crippen LogP contribution is 2.30. The maximum absolute atomic E-state index is 11.9. The van der Waals surface area contributed by atoms with Crippen molar-refractivity contribution in [3.8, 4) is 5.75 Å². The fraction of sp³-hybridized carbons (Fsp3) is 0.652. The van der Waals surface area contributed by atoms with Crippen molar-refractivity contribution in [2.45, 2.75) is 65.0 Å². The Hall–Kier alpha value is -1.51. The second-order valence-corrected chi connectivity index (χ2v) is 8.00. The van der Waals surface area contributed by atoms with Crippen molar-refractivity contribution in [2.75, 3.05) is 19.8 Å². The monoisotopic (exact) mass is 529 g/mol. The van der Waals surface area contributed by atoms with E-state index >= 15 is 0 Å². The van der Waals surface area contributed by atoms with Crippen LogP contribution < -0.4 is 15.4 Å². The quantitative estimate of drug-likeness (QED) is 0.217. The minimum absolute atomic E-state index is 0. The lowest BCUT2D eigenvalue weighted by Crippen LogP contribution is -2.45. The molecule has 7 heteroatoms. The Morgan fingerprint density at radius 3 is 2.50 bits per heavy atom. The van der Waals surface area contributed by atoms with Crippen molar-refractivity contribution in [3.63, 3.8) is 0 Å². The van der Waals surface area contributed by atoms with Gasteiger partial charge in [-0.1, -0.05) is 18.2 Å². The van der Waals surface area contributed by atoms with E-state index in [9.17, 15) is 4.79 Å². The van der Waals surface area contributed by atoms with Crippen molar-refractivity contribution >= 4 is 35.9 Å². The number of nitrogens with one attached hydrogen (secondary N) is 2. The van der Waals surface area contributed by atoms with Crippen molar-refractivity contribution in [3.05, 3.63) is 29.8 Å². The van der Waals surface area contributed by atoms with Crippen molar-refractivity contribution in [1.29, 1.82) is 0 Å². The first-order chi connectivity index (χ1) is 14.2. The molecule has 1 aromatic rings. The van der Waals surface area contributed by atoms with Gasteiger partial charge in [-0.15, -0.1) is 24.0 Å². The summed E-state index contributed by atoms with van der Waals surface area (Å²) in [5, 5.41) is 6.88. The number of ether oxygens (including phenoxy) is 2. The molecule has 0 atom stereocenters. The van der Waals surface area contributed by atoms with Gasteiger partial charge in [-0.3, -0.25) is 4.79 Å². The molecule has 2 aliphatic carbocycles. The van der Waals surface area contributed by atoms with Gasteiger partial charge in [-0.2, -0.15) is 0 Å². The Morgan fingerprint density at radius 2 is 1.83 bits per heavy atom. The van der Waals surface area contributed by atoms with E-state index in [-0.39, 0.29) is 35.9 Å². The molecule has 2 aliphatic rings. The molecule has 6 nitrogen and oxygen atoms in total. The Labute approximate surface area is 197 Å². The summed E-state index contributed by atoms with van der Waals surface area (Å²) in [5.74, 6) is 2.49. The molecule has 3 rings (SSSR count). The van der Waals surface area contributed by atoms with E-state index in [2.05, 4.69) is 23.6 Å². The molecule has 0 amide bonds. The lowest BCUT2D eigenvalue weighted by Gasteiger charge is -2.29. The molecule has 0 spiro atoms. The number of guanidine groups is 1. The number of carbonyl (C=O) groups is 1. The first kappa shape index (κ1) is 24.8. The summed E-state index contributed by atoms with van der Waals surface area (Å²) in [4.78, 5) is 16.7. The van der Waals surface area contributed by atoms with Crippen molar-refractivity contribution < 1.29 is 14.3 Å². The van der Waals surface area contributed by atoms with Crippen LogP contribution in [0.25, 0.3) is 0 Å². The molecule has 0 radical (unpaired) electrons. The van der Waals surface area contributed by atoms with Crippen LogP contribution in [0.5, 0.6) is 5.75 Å². The summed E-state index contributed by atoms with van der Waals surface area (Å²) in [6.07, 6.45) is 6.21. The van der Waals surface area contributed by atoms with Crippen LogP contribution in [0.1, 0.15) is 57.9 Å². The Kier molecular flexibility index (Phi) is 10.7. The normalized spacial score (nSPS) is 21.3. The predicted octanol–water partition coefficient (Wildman–Crippen LogP) is 4.27. The molecular weight excluding hydrogens is 493 g/mol. The second-order valence-electron chi connectivity index (χ2n) is 8.00. The lowest BCUT2D eigenvalue weighted by atomic mass is 9.86. The van der Waals surface area contributed by atoms with Gasteiger partial charge in [0.15, 0.2) is 5.96 Å². The first-order valence-electron chi connectivity index (χ1n) is 11.1. The number of rotatable bonds is 9. The molecular formula is C23H36IN3O3. The highest BCUT2D eigenvalue weighted by Gasteiger charge is 2.27. The van der Waals surface area contributed by atoms with E-state index in [0.717, 1.165) is 62.0 Å². The Morgan fingerprint density at radius 1 is 1.10 bits per heavy atom. The molecule has 2 fully saturated rings. The van der Waals surface area contributed by atoms with Gasteiger partial charge in [0.1, 0.15) is 5.75 Å². The maximum atomic E-state index is 11.9. The van der Waals surface area contributed by atoms with Gasteiger partial charge in [0.25, 0.3) is 0 Å². The number of nitrogens with zero attached hydrogens (tertiary/aromatic N) is 1. The van der Waals surface area contributed by atoms with Crippen LogP contribution in [-0.4, -0.2) is 37.7 Å². The largest absolute Gasteiger partial charge is 0.493 e. The highest BCUT2D eigenvalue weighted by atomic mass is 127. The van der Waals surface area contributed by atoms with E-state index in [0.29, 0.717) is 19.2 Å². The molecule has 2 saturated carbocycles. The summed E-state index contributed by atoms with van der Waals surface area (Å²) >= 11 is 0. The average molecular weight is 529 g/mol. The van der Waals surface area contributed by atoms with Crippen molar-refractivity contribution in [2.24, 2.45) is 16.8 Å². The number of esters is 1. The standard InChI is InChI=1S/C23H35N3O3.HI/c1-3-24-23(26-20-13-11-18(12-14-20)22(27)28-4-2)25-15-19-7-5-6-8-21(19)29-16-17-9-10-17;/h5-8,17-18,20H,3-4,9-16H2,1-2H3,(H2,24,25,26);1H. The zero-order valence-electron chi connectivity index (χ0n) is 18.2. The van der Waals surface area contributed by atoms with Crippen LogP contribution in [-0.2, 0) is 16.1 Å². The Balaban J connectivity index is 0.00000320. The SMILES string of the molecule is CCNC(=NCc1ccccc1OCC1CC1)NC1CCC(C(=O)OCC)CC1.I. The zero-order chi connectivity index (χ0) is 20.5. The van der Waals surface area contributed by atoms with E-state index in [1.54, 1.807) is 0 Å². The smallest absolute Gasteiger partial charge is 0.308 e. The number of para-hydroxylation sites is 1. The molecule has 30 heavy (non-hydrogen) atoms. The first-order valence-corrected chi connectivity index (χ1v) is 11.1. The third-order valence-corrected chi connectivity index (χ3v) is 5.58. The Bertz CT molecular complexity index is 686. The lowest BCUT2D eigenvalue weighted by molar-refractivity contribution is -0.149. The van der Waals surface area contributed by atoms with Gasteiger partial charge in [-0.05, 0) is 64.4 Å². The molecule has 0 unspecified atom stereocenters. The fourth-order valence-electron chi connectivity index (χ4n) is 3.68. The molecule has 0 saturated heterocycles. The number of benzene rings is 1. The third-order valence-electron chi connectivity index (χ3n) is 5.58. The van der Waals surface area contributed by atoms with Crippen LogP contribution in [0.3, 0.4) is 0 Å². The molecule has 0 heterocycles. The number of aliphatic imine (C=N–C) groups is 1. The third kappa shape index (κ3) is 7.96. The van der Waals surface area contributed by atoms with Crippen LogP contribution in [0.4, 0.5) is 0 Å². The van der Waals surface area contributed by atoms with Crippen LogP contribution in [0.15, 0.2) is 29.3 Å². The van der Waals surface area contributed by atoms with Crippen LogP contribution in [0.2, 0.25) is 0 Å². The minimum atomic E-state index is -0.0469. The topological polar surface area (TPSA) is 72.0 Å². The van der Waals surface area contributed by atoms with Gasteiger partial charge in [-0.25, -0.2) is 4.99 Å². The summed E-state index contributed by atoms with van der Waals surface area (Å²) in [6, 6.07) is 8.50. The molecule has 2 N–H and O–H groups in total. The molecule has 0 aromatic heterocycles.